The van der Waals surface area contributed by atoms with Crippen LogP contribution in [0, 0.1) is 5.92 Å². The van der Waals surface area contributed by atoms with Crippen LogP contribution in [0.3, 0.4) is 0 Å². The summed E-state index contributed by atoms with van der Waals surface area (Å²) < 4.78 is 0. The molecule has 3 heterocycles. The van der Waals surface area contributed by atoms with Crippen molar-refractivity contribution in [3.8, 4) is 0 Å². The van der Waals surface area contributed by atoms with E-state index in [1.54, 1.807) is 6.07 Å². The lowest BCUT2D eigenvalue weighted by Crippen LogP contribution is -2.81. The summed E-state index contributed by atoms with van der Waals surface area (Å²) >= 11 is 6.26. The summed E-state index contributed by atoms with van der Waals surface area (Å²) in [6, 6.07) is 6.87. The first-order valence-electron chi connectivity index (χ1n) is 9.58. The third kappa shape index (κ3) is 3.09. The molecule has 0 aliphatic carbocycles. The topological polar surface area (TPSA) is 64.1 Å². The molecule has 2 atom stereocenters. The zero-order valence-corrected chi connectivity index (χ0v) is 16.5. The SMILES string of the molecule is CC(C)CN1CC2(C1)C(=O)N(Cc1ccccc1Cl)C(=O)C1CC(O)CN12. The summed E-state index contributed by atoms with van der Waals surface area (Å²) in [6.07, 6.45) is -0.181. The normalized spacial score (nSPS) is 28.1. The number of hydrogen-bond donors (Lipinski definition) is 1. The minimum atomic E-state index is -0.702. The third-order valence-electron chi connectivity index (χ3n) is 5.90. The Balaban J connectivity index is 1.63. The van der Waals surface area contributed by atoms with E-state index < -0.39 is 17.7 Å². The van der Waals surface area contributed by atoms with E-state index >= 15 is 0 Å². The van der Waals surface area contributed by atoms with E-state index in [0.29, 0.717) is 37.0 Å². The van der Waals surface area contributed by atoms with Crippen LogP contribution in [0.1, 0.15) is 25.8 Å². The molecule has 2 unspecified atom stereocenters. The molecule has 0 radical (unpaired) electrons. The van der Waals surface area contributed by atoms with Gasteiger partial charge >= 0.3 is 0 Å². The first-order chi connectivity index (χ1) is 12.8. The standard InChI is InChI=1S/C20H26ClN3O3/c1-13(2)8-22-11-20(12-22)19(27)23(9-14-5-3-4-6-16(14)21)18(26)17-7-15(25)10-24(17)20/h3-6,13,15,17,25H,7-12H2,1-2H3. The molecule has 3 fully saturated rings. The number of fused-ring (bicyclic) bond motifs is 2. The van der Waals surface area contributed by atoms with Crippen LogP contribution in [-0.2, 0) is 16.1 Å². The third-order valence-corrected chi connectivity index (χ3v) is 6.27. The fourth-order valence-electron chi connectivity index (χ4n) is 4.78. The minimum absolute atomic E-state index is 0.155. The zero-order chi connectivity index (χ0) is 19.3. The van der Waals surface area contributed by atoms with Crippen LogP contribution in [-0.4, -0.2) is 75.5 Å². The molecule has 146 valence electrons. The van der Waals surface area contributed by atoms with E-state index in [2.05, 4.69) is 18.7 Å². The van der Waals surface area contributed by atoms with E-state index in [4.69, 9.17) is 11.6 Å². The smallest absolute Gasteiger partial charge is 0.252 e. The molecule has 3 aliphatic rings. The number of carbonyl (C=O) groups is 2. The lowest BCUT2D eigenvalue weighted by molar-refractivity contribution is -0.181. The Labute approximate surface area is 164 Å². The van der Waals surface area contributed by atoms with E-state index in [1.807, 2.05) is 23.1 Å². The minimum Gasteiger partial charge on any atom is -0.392 e. The van der Waals surface area contributed by atoms with Crippen molar-refractivity contribution in [1.82, 2.24) is 14.7 Å². The van der Waals surface area contributed by atoms with Gasteiger partial charge in [-0.1, -0.05) is 43.6 Å². The number of aliphatic hydroxyl groups excluding tert-OH is 1. The number of likely N-dealkylation sites (tertiary alicyclic amines) is 1. The number of imide groups is 1. The summed E-state index contributed by atoms with van der Waals surface area (Å²) in [5.74, 6) is 0.143. The van der Waals surface area contributed by atoms with Gasteiger partial charge in [-0.15, -0.1) is 0 Å². The average Bonchev–Trinajstić information content (AvgIpc) is 2.97. The lowest BCUT2D eigenvalue weighted by atomic mass is 9.82. The fourth-order valence-corrected chi connectivity index (χ4v) is 4.97. The Bertz CT molecular complexity index is 763. The quantitative estimate of drug-likeness (QED) is 0.785. The van der Waals surface area contributed by atoms with Gasteiger partial charge in [0.15, 0.2) is 0 Å². The van der Waals surface area contributed by atoms with Gasteiger partial charge in [-0.3, -0.25) is 24.3 Å². The Hall–Kier alpha value is -1.47. The van der Waals surface area contributed by atoms with Crippen molar-refractivity contribution < 1.29 is 14.7 Å². The second-order valence-corrected chi connectivity index (χ2v) is 8.88. The molecule has 27 heavy (non-hydrogen) atoms. The number of hydrogen-bond acceptors (Lipinski definition) is 5. The second-order valence-electron chi connectivity index (χ2n) is 8.47. The average molecular weight is 392 g/mol. The maximum atomic E-state index is 13.4. The van der Waals surface area contributed by atoms with Crippen molar-refractivity contribution in [2.45, 2.75) is 44.5 Å². The Morgan fingerprint density at radius 1 is 1.26 bits per heavy atom. The van der Waals surface area contributed by atoms with E-state index in [0.717, 1.165) is 12.1 Å². The van der Waals surface area contributed by atoms with Gasteiger partial charge in [-0.2, -0.15) is 0 Å². The maximum absolute atomic E-state index is 13.4. The summed E-state index contributed by atoms with van der Waals surface area (Å²) in [5.41, 5.74) is 0.0630. The van der Waals surface area contributed by atoms with E-state index in [-0.39, 0.29) is 18.4 Å². The molecule has 0 aromatic heterocycles. The monoisotopic (exact) mass is 391 g/mol. The van der Waals surface area contributed by atoms with Crippen LogP contribution in [0.4, 0.5) is 0 Å². The number of piperazine rings is 1. The highest BCUT2D eigenvalue weighted by Crippen LogP contribution is 2.41. The maximum Gasteiger partial charge on any atom is 0.252 e. The second kappa shape index (κ2) is 6.85. The molecule has 1 spiro atoms. The van der Waals surface area contributed by atoms with Crippen molar-refractivity contribution in [3.63, 3.8) is 0 Å². The molecule has 1 aromatic rings. The molecule has 1 N–H and O–H groups in total. The van der Waals surface area contributed by atoms with Gasteiger partial charge in [0.2, 0.25) is 5.91 Å². The molecule has 0 saturated carbocycles. The summed E-state index contributed by atoms with van der Waals surface area (Å²) in [6.45, 7) is 7.03. The van der Waals surface area contributed by atoms with E-state index in [1.165, 1.54) is 4.90 Å². The molecule has 3 aliphatic heterocycles. The molecule has 3 saturated heterocycles. The van der Waals surface area contributed by atoms with Crippen LogP contribution in [0.25, 0.3) is 0 Å². The summed E-state index contributed by atoms with van der Waals surface area (Å²) in [7, 11) is 0. The Kier molecular flexibility index (Phi) is 4.79. The summed E-state index contributed by atoms with van der Waals surface area (Å²) in [4.78, 5) is 32.1. The van der Waals surface area contributed by atoms with Crippen LogP contribution in [0.5, 0.6) is 0 Å². The van der Waals surface area contributed by atoms with Crippen molar-refractivity contribution in [1.29, 1.82) is 0 Å². The van der Waals surface area contributed by atoms with Crippen LogP contribution < -0.4 is 0 Å². The molecule has 0 bridgehead atoms. The van der Waals surface area contributed by atoms with Crippen molar-refractivity contribution >= 4 is 23.4 Å². The Morgan fingerprint density at radius 2 is 1.96 bits per heavy atom. The number of nitrogens with zero attached hydrogens (tertiary/aromatic N) is 3. The van der Waals surface area contributed by atoms with E-state index in [9.17, 15) is 14.7 Å². The van der Waals surface area contributed by atoms with Gasteiger partial charge in [-0.05, 0) is 24.0 Å². The van der Waals surface area contributed by atoms with Crippen molar-refractivity contribution in [2.24, 2.45) is 5.92 Å². The molecule has 6 nitrogen and oxygen atoms in total. The predicted octanol–water partition coefficient (Wildman–Crippen LogP) is 1.35. The molecule has 1 aromatic carbocycles. The Morgan fingerprint density at radius 3 is 2.63 bits per heavy atom. The van der Waals surface area contributed by atoms with Crippen LogP contribution in [0.15, 0.2) is 24.3 Å². The van der Waals surface area contributed by atoms with Crippen molar-refractivity contribution in [3.05, 3.63) is 34.9 Å². The van der Waals surface area contributed by atoms with Crippen molar-refractivity contribution in [2.75, 3.05) is 26.2 Å². The molecular weight excluding hydrogens is 366 g/mol. The molecular formula is C20H26ClN3O3. The van der Waals surface area contributed by atoms with Crippen LogP contribution >= 0.6 is 11.6 Å². The van der Waals surface area contributed by atoms with Gasteiger partial charge in [0.25, 0.3) is 5.91 Å². The molecule has 2 amide bonds. The highest BCUT2D eigenvalue weighted by atomic mass is 35.5. The number of carbonyl (C=O) groups excluding carboxylic acids is 2. The predicted molar refractivity (Wildman–Crippen MR) is 102 cm³/mol. The highest BCUT2D eigenvalue weighted by molar-refractivity contribution is 6.31. The number of benzene rings is 1. The number of amides is 2. The summed E-state index contributed by atoms with van der Waals surface area (Å²) in [5, 5.41) is 10.7. The number of halogens is 1. The molecule has 4 rings (SSSR count). The number of rotatable bonds is 4. The zero-order valence-electron chi connectivity index (χ0n) is 15.8. The van der Waals surface area contributed by atoms with Gasteiger partial charge in [0.1, 0.15) is 5.54 Å². The number of β-amino-alcohol motifs (C(OH)–C–C–N with tert-alkyl or cyclic N) is 1. The first-order valence-corrected chi connectivity index (χ1v) is 9.96. The molecule has 7 heteroatoms. The van der Waals surface area contributed by atoms with Crippen LogP contribution in [0.2, 0.25) is 5.02 Å². The largest absolute Gasteiger partial charge is 0.392 e. The first kappa shape index (κ1) is 18.9. The van der Waals surface area contributed by atoms with Gasteiger partial charge in [-0.25, -0.2) is 0 Å². The van der Waals surface area contributed by atoms with Gasteiger partial charge < -0.3 is 5.11 Å². The number of aliphatic hydroxyl groups is 1. The fraction of sp³-hybridized carbons (Fsp3) is 0.600. The highest BCUT2D eigenvalue weighted by Gasteiger charge is 2.64. The van der Waals surface area contributed by atoms with Gasteiger partial charge in [0.05, 0.1) is 18.7 Å². The van der Waals surface area contributed by atoms with Gasteiger partial charge in [0, 0.05) is 31.2 Å². The lowest BCUT2D eigenvalue weighted by Gasteiger charge is -2.59.